The Hall–Kier alpha value is -3.30. The molecule has 0 saturated carbocycles. The van der Waals surface area contributed by atoms with Crippen molar-refractivity contribution >= 4 is 29.1 Å². The average molecular weight is 316 g/mol. The first kappa shape index (κ1) is 14.6. The minimum atomic E-state index is -0.862. The molecule has 1 unspecified atom stereocenters. The van der Waals surface area contributed by atoms with E-state index in [0.717, 1.165) is 0 Å². The molecule has 0 bridgehead atoms. The molecule has 23 heavy (non-hydrogen) atoms. The number of benzene rings is 1. The Morgan fingerprint density at radius 2 is 2.30 bits per heavy atom. The molecular weight excluding hydrogens is 304 g/mol. The van der Waals surface area contributed by atoms with Crippen LogP contribution in [0, 0.1) is 17.0 Å². The van der Waals surface area contributed by atoms with Crippen LogP contribution >= 0.6 is 0 Å². The maximum absolute atomic E-state index is 12.4. The third-order valence-corrected chi connectivity index (χ3v) is 3.29. The van der Waals surface area contributed by atoms with E-state index in [1.807, 2.05) is 0 Å². The van der Waals surface area contributed by atoms with Gasteiger partial charge in [0.25, 0.3) is 5.69 Å². The Kier molecular flexibility index (Phi) is 3.48. The number of hydrogen-bond acceptors (Lipinski definition) is 6. The largest absolute Gasteiger partial charge is 0.324 e. The molecule has 2 aromatic rings. The van der Waals surface area contributed by atoms with Crippen molar-refractivity contribution in [2.24, 2.45) is 0 Å². The highest BCUT2D eigenvalue weighted by Gasteiger charge is 2.32. The van der Waals surface area contributed by atoms with Gasteiger partial charge >= 0.3 is 0 Å². The highest BCUT2D eigenvalue weighted by atomic mass is 16.6. The van der Waals surface area contributed by atoms with Gasteiger partial charge in [-0.25, -0.2) is 4.68 Å². The van der Waals surface area contributed by atoms with Crippen LogP contribution in [0.4, 0.5) is 17.3 Å². The topological polar surface area (TPSA) is 132 Å². The third kappa shape index (κ3) is 2.86. The van der Waals surface area contributed by atoms with E-state index in [9.17, 15) is 19.7 Å². The van der Waals surface area contributed by atoms with Gasteiger partial charge in [0.15, 0.2) is 0 Å². The number of non-ortho nitro benzene ring substituents is 1. The molecule has 10 nitrogen and oxygen atoms in total. The number of hydrogen-bond donors (Lipinski definition) is 2. The number of fused-ring (bicyclic) bond motifs is 1. The monoisotopic (exact) mass is 316 g/mol. The van der Waals surface area contributed by atoms with Crippen LogP contribution in [0.1, 0.15) is 18.3 Å². The van der Waals surface area contributed by atoms with Crippen molar-refractivity contribution in [1.82, 2.24) is 14.8 Å². The van der Waals surface area contributed by atoms with E-state index in [4.69, 9.17) is 0 Å². The fraction of sp³-hybridized carbons (Fsp3) is 0.231. The summed E-state index contributed by atoms with van der Waals surface area (Å²) < 4.78 is 1.34. The molecule has 1 aliphatic rings. The highest BCUT2D eigenvalue weighted by molar-refractivity contribution is 6.00. The van der Waals surface area contributed by atoms with E-state index < -0.39 is 16.9 Å². The Balaban J connectivity index is 1.85. The van der Waals surface area contributed by atoms with Crippen LogP contribution < -0.4 is 10.6 Å². The lowest BCUT2D eigenvalue weighted by Crippen LogP contribution is -2.36. The maximum Gasteiger partial charge on any atom is 0.271 e. The number of nitrogens with zero attached hydrogens (tertiary/aromatic N) is 4. The zero-order chi connectivity index (χ0) is 16.6. The highest BCUT2D eigenvalue weighted by Crippen LogP contribution is 2.25. The van der Waals surface area contributed by atoms with Gasteiger partial charge in [-0.2, -0.15) is 10.1 Å². The quantitative estimate of drug-likeness (QED) is 0.641. The summed E-state index contributed by atoms with van der Waals surface area (Å²) in [6, 6.07) is 4.70. The van der Waals surface area contributed by atoms with E-state index in [2.05, 4.69) is 20.7 Å². The molecule has 0 spiro atoms. The molecule has 1 aromatic carbocycles. The average Bonchev–Trinajstić information content (AvgIpc) is 2.86. The van der Waals surface area contributed by atoms with Crippen LogP contribution in [0.25, 0.3) is 0 Å². The molecule has 0 aliphatic carbocycles. The maximum atomic E-state index is 12.4. The number of carbonyl (C=O) groups is 2. The molecule has 0 fully saturated rings. The van der Waals surface area contributed by atoms with Crippen LogP contribution in [0.2, 0.25) is 0 Å². The van der Waals surface area contributed by atoms with Crippen LogP contribution in [0.5, 0.6) is 0 Å². The summed E-state index contributed by atoms with van der Waals surface area (Å²) in [4.78, 5) is 38.3. The number of aromatic nitrogens is 3. The van der Waals surface area contributed by atoms with E-state index in [-0.39, 0.29) is 29.7 Å². The van der Waals surface area contributed by atoms with Gasteiger partial charge in [-0.05, 0) is 13.0 Å². The summed E-state index contributed by atoms with van der Waals surface area (Å²) in [5, 5.41) is 20.0. The van der Waals surface area contributed by atoms with E-state index in [0.29, 0.717) is 5.82 Å². The predicted octanol–water partition coefficient (Wildman–Crippen LogP) is 1.02. The Morgan fingerprint density at radius 3 is 3.04 bits per heavy atom. The molecule has 2 amide bonds. The summed E-state index contributed by atoms with van der Waals surface area (Å²) in [5.74, 6) is -0.205. The smallest absolute Gasteiger partial charge is 0.271 e. The van der Waals surface area contributed by atoms with E-state index >= 15 is 0 Å². The standard InChI is InChI=1S/C13H12N6O4/c1-7-14-13-16-11(20)6-10(18(13)17-7)12(21)15-8-3-2-4-9(5-8)19(22)23/h2-5,10H,6H2,1H3,(H,15,21)(H,14,16,17,20). The molecule has 0 radical (unpaired) electrons. The zero-order valence-corrected chi connectivity index (χ0v) is 12.0. The van der Waals surface area contributed by atoms with Crippen molar-refractivity contribution in [2.75, 3.05) is 10.6 Å². The Morgan fingerprint density at radius 1 is 1.52 bits per heavy atom. The number of carbonyl (C=O) groups excluding carboxylic acids is 2. The molecule has 118 valence electrons. The van der Waals surface area contributed by atoms with Crippen molar-refractivity contribution in [1.29, 1.82) is 0 Å². The summed E-state index contributed by atoms with van der Waals surface area (Å²) in [5.41, 5.74) is 0.134. The van der Waals surface area contributed by atoms with Gasteiger partial charge in [0, 0.05) is 17.8 Å². The fourth-order valence-electron chi connectivity index (χ4n) is 2.30. The minimum Gasteiger partial charge on any atom is -0.324 e. The van der Waals surface area contributed by atoms with Gasteiger partial charge in [0.2, 0.25) is 17.8 Å². The van der Waals surface area contributed by atoms with Gasteiger partial charge in [0.1, 0.15) is 11.9 Å². The lowest BCUT2D eigenvalue weighted by molar-refractivity contribution is -0.384. The normalized spacial score (nSPS) is 16.4. The molecule has 1 aliphatic heterocycles. The number of nitrogens with one attached hydrogen (secondary N) is 2. The number of amides is 2. The number of nitro benzene ring substituents is 1. The van der Waals surface area contributed by atoms with Gasteiger partial charge < -0.3 is 5.32 Å². The van der Waals surface area contributed by atoms with Crippen LogP contribution in [0.3, 0.4) is 0 Å². The molecule has 2 N–H and O–H groups in total. The summed E-state index contributed by atoms with van der Waals surface area (Å²) in [7, 11) is 0. The van der Waals surface area contributed by atoms with Gasteiger partial charge in [-0.15, -0.1) is 0 Å². The van der Waals surface area contributed by atoms with Gasteiger partial charge in [-0.3, -0.25) is 25.0 Å². The van der Waals surface area contributed by atoms with Crippen molar-refractivity contribution in [3.05, 3.63) is 40.2 Å². The Bertz CT molecular complexity index is 815. The fourth-order valence-corrected chi connectivity index (χ4v) is 2.30. The van der Waals surface area contributed by atoms with E-state index in [1.54, 1.807) is 6.92 Å². The van der Waals surface area contributed by atoms with Crippen LogP contribution in [-0.2, 0) is 9.59 Å². The molecule has 0 saturated heterocycles. The molecule has 10 heteroatoms. The Labute approximate surface area is 129 Å². The van der Waals surface area contributed by atoms with Crippen molar-refractivity contribution in [2.45, 2.75) is 19.4 Å². The number of aryl methyl sites for hydroxylation is 1. The van der Waals surface area contributed by atoms with Crippen LogP contribution in [-0.4, -0.2) is 31.5 Å². The van der Waals surface area contributed by atoms with Crippen molar-refractivity contribution < 1.29 is 14.5 Å². The summed E-state index contributed by atoms with van der Waals surface area (Å²) >= 11 is 0. The number of rotatable bonds is 3. The van der Waals surface area contributed by atoms with Crippen molar-refractivity contribution in [3.8, 4) is 0 Å². The summed E-state index contributed by atoms with van der Waals surface area (Å²) in [6.45, 7) is 1.65. The van der Waals surface area contributed by atoms with Crippen LogP contribution in [0.15, 0.2) is 24.3 Å². The molecule has 3 rings (SSSR count). The SMILES string of the molecule is Cc1nc2n(n1)C(C(=O)Nc1cccc([N+](=O)[O-])c1)CC(=O)N2. The minimum absolute atomic E-state index is 0.0867. The number of nitro groups is 1. The molecule has 1 atom stereocenters. The first-order chi connectivity index (χ1) is 10.9. The van der Waals surface area contributed by atoms with Gasteiger partial charge in [-0.1, -0.05) is 6.07 Å². The molecular formula is C13H12N6O4. The van der Waals surface area contributed by atoms with Crippen molar-refractivity contribution in [3.63, 3.8) is 0 Å². The second kappa shape index (κ2) is 5.48. The lowest BCUT2D eigenvalue weighted by atomic mass is 10.1. The second-order valence-corrected chi connectivity index (χ2v) is 4.99. The zero-order valence-electron chi connectivity index (χ0n) is 12.0. The lowest BCUT2D eigenvalue weighted by Gasteiger charge is -2.22. The first-order valence-electron chi connectivity index (χ1n) is 6.72. The second-order valence-electron chi connectivity index (χ2n) is 4.99. The first-order valence-corrected chi connectivity index (χ1v) is 6.72. The number of anilines is 2. The predicted molar refractivity (Wildman–Crippen MR) is 78.8 cm³/mol. The van der Waals surface area contributed by atoms with Gasteiger partial charge in [0.05, 0.1) is 11.3 Å². The summed E-state index contributed by atoms with van der Waals surface area (Å²) in [6.07, 6.45) is -0.0867. The third-order valence-electron chi connectivity index (χ3n) is 3.29. The molecule has 1 aromatic heterocycles. The van der Waals surface area contributed by atoms with E-state index in [1.165, 1.54) is 28.9 Å². The molecule has 2 heterocycles.